The summed E-state index contributed by atoms with van der Waals surface area (Å²) >= 11 is 12.2. The van der Waals surface area contributed by atoms with Gasteiger partial charge < -0.3 is 26.0 Å². The van der Waals surface area contributed by atoms with Crippen molar-refractivity contribution in [2.45, 2.75) is 70.3 Å². The first-order valence-electron chi connectivity index (χ1n) is 14.3. The molecule has 0 aromatic heterocycles. The number of hydrogen-bond acceptors (Lipinski definition) is 5. The predicted molar refractivity (Wildman–Crippen MR) is 160 cm³/mol. The van der Waals surface area contributed by atoms with E-state index in [1.54, 1.807) is 18.2 Å². The highest BCUT2D eigenvalue weighted by Crippen LogP contribution is 2.24. The molecule has 1 aliphatic carbocycles. The molecule has 4 N–H and O–H groups in total. The van der Waals surface area contributed by atoms with E-state index < -0.39 is 0 Å². The van der Waals surface area contributed by atoms with Gasteiger partial charge in [-0.2, -0.15) is 0 Å². The number of ether oxygens (including phenoxy) is 1. The molecule has 222 valence electrons. The first kappa shape index (κ1) is 31.1. The third-order valence-electron chi connectivity index (χ3n) is 7.52. The third-order valence-corrected chi connectivity index (χ3v) is 8.26. The largest absolute Gasteiger partial charge is 0.374 e. The maximum absolute atomic E-state index is 12.7. The van der Waals surface area contributed by atoms with Crippen molar-refractivity contribution in [3.63, 3.8) is 0 Å². The molecule has 1 heterocycles. The standard InChI is InChI=1S/C30H39Cl2N5O4/c1-2-28(38)35-23-8-10-24(11-9-23)36-29(39)22-6-3-20(4-7-22)16-33-30(40)34-17-25-19-37(13-14-41-25)18-21-5-12-26(31)27(32)15-21/h3-7,12,15,23-25H,2,8-11,13-14,16-19H2,1H3,(H,35,38)(H,36,39)(H2,33,34,40)/t23-,24+,25-/m0/s1. The highest BCUT2D eigenvalue weighted by molar-refractivity contribution is 6.42. The second-order valence-corrected chi connectivity index (χ2v) is 11.5. The van der Waals surface area contributed by atoms with Gasteiger partial charge in [-0.25, -0.2) is 4.79 Å². The zero-order valence-corrected chi connectivity index (χ0v) is 24.9. The number of carbonyl (C=O) groups is 3. The molecular formula is C30H39Cl2N5O4. The van der Waals surface area contributed by atoms with E-state index in [0.29, 0.717) is 48.3 Å². The third kappa shape index (κ3) is 9.88. The Labute approximate surface area is 251 Å². The maximum Gasteiger partial charge on any atom is 0.315 e. The summed E-state index contributed by atoms with van der Waals surface area (Å²) in [5, 5.41) is 13.0. The van der Waals surface area contributed by atoms with E-state index in [1.165, 1.54) is 0 Å². The molecule has 0 spiro atoms. The first-order valence-corrected chi connectivity index (χ1v) is 15.0. The minimum absolute atomic E-state index is 0.0757. The molecule has 41 heavy (non-hydrogen) atoms. The Kier molecular flexibility index (Phi) is 11.7. The molecule has 1 aliphatic heterocycles. The first-order chi connectivity index (χ1) is 19.8. The molecule has 4 amide bonds. The van der Waals surface area contributed by atoms with Gasteiger partial charge in [-0.05, 0) is 61.1 Å². The van der Waals surface area contributed by atoms with E-state index in [4.69, 9.17) is 27.9 Å². The van der Waals surface area contributed by atoms with Gasteiger partial charge in [0.15, 0.2) is 0 Å². The van der Waals surface area contributed by atoms with Crippen LogP contribution >= 0.6 is 23.2 Å². The van der Waals surface area contributed by atoms with Gasteiger partial charge in [0, 0.05) is 56.8 Å². The van der Waals surface area contributed by atoms with Crippen molar-refractivity contribution in [3.05, 3.63) is 69.2 Å². The SMILES string of the molecule is CCC(=O)N[C@H]1CC[C@@H](NC(=O)c2ccc(CNC(=O)NC[C@H]3CN(Cc4ccc(Cl)c(Cl)c4)CCO3)cc2)CC1. The maximum atomic E-state index is 12.7. The van der Waals surface area contributed by atoms with Gasteiger partial charge in [-0.1, -0.05) is 48.3 Å². The van der Waals surface area contributed by atoms with Crippen molar-refractivity contribution in [1.82, 2.24) is 26.2 Å². The lowest BCUT2D eigenvalue weighted by Gasteiger charge is -2.33. The number of amides is 4. The molecule has 0 bridgehead atoms. The normalized spacial score (nSPS) is 21.1. The number of rotatable bonds is 10. The molecular weight excluding hydrogens is 565 g/mol. The molecule has 2 aromatic rings. The van der Waals surface area contributed by atoms with Crippen LogP contribution in [0, 0.1) is 0 Å². The molecule has 2 aromatic carbocycles. The van der Waals surface area contributed by atoms with Crippen LogP contribution in [0.4, 0.5) is 4.79 Å². The Balaban J connectivity index is 1.13. The number of carbonyl (C=O) groups excluding carboxylic acids is 3. The van der Waals surface area contributed by atoms with E-state index in [-0.39, 0.29) is 36.0 Å². The molecule has 4 rings (SSSR count). The molecule has 2 fully saturated rings. The van der Waals surface area contributed by atoms with E-state index in [9.17, 15) is 14.4 Å². The number of morpholine rings is 1. The molecule has 2 aliphatic rings. The number of nitrogens with one attached hydrogen (secondary N) is 4. The number of hydrogen-bond donors (Lipinski definition) is 4. The van der Waals surface area contributed by atoms with Crippen molar-refractivity contribution < 1.29 is 19.1 Å². The van der Waals surface area contributed by atoms with Crippen LogP contribution in [0.2, 0.25) is 10.0 Å². The quantitative estimate of drug-likeness (QED) is 0.324. The van der Waals surface area contributed by atoms with Crippen molar-refractivity contribution in [3.8, 4) is 0 Å². The van der Waals surface area contributed by atoms with Crippen LogP contribution in [0.1, 0.15) is 60.5 Å². The second-order valence-electron chi connectivity index (χ2n) is 10.7. The molecule has 1 saturated heterocycles. The molecule has 11 heteroatoms. The summed E-state index contributed by atoms with van der Waals surface area (Å²) in [7, 11) is 0. The average Bonchev–Trinajstić information content (AvgIpc) is 2.98. The number of benzene rings is 2. The van der Waals surface area contributed by atoms with Crippen LogP contribution in [0.25, 0.3) is 0 Å². The second kappa shape index (κ2) is 15.4. The highest BCUT2D eigenvalue weighted by Gasteiger charge is 2.24. The van der Waals surface area contributed by atoms with Crippen molar-refractivity contribution >= 4 is 41.0 Å². The highest BCUT2D eigenvalue weighted by atomic mass is 35.5. The summed E-state index contributed by atoms with van der Waals surface area (Å²) in [6.45, 7) is 5.41. The van der Waals surface area contributed by atoms with E-state index in [1.807, 2.05) is 31.2 Å². The predicted octanol–water partition coefficient (Wildman–Crippen LogP) is 4.26. The Hall–Kier alpha value is -2.85. The monoisotopic (exact) mass is 603 g/mol. The van der Waals surface area contributed by atoms with Gasteiger partial charge >= 0.3 is 6.03 Å². The molecule has 0 radical (unpaired) electrons. The van der Waals surface area contributed by atoms with Crippen molar-refractivity contribution in [2.75, 3.05) is 26.2 Å². The van der Waals surface area contributed by atoms with Gasteiger partial charge in [0.2, 0.25) is 5.91 Å². The Morgan fingerprint density at radius 3 is 2.27 bits per heavy atom. The smallest absolute Gasteiger partial charge is 0.315 e. The van der Waals surface area contributed by atoms with E-state index in [0.717, 1.165) is 49.9 Å². The summed E-state index contributed by atoms with van der Waals surface area (Å²) in [5.41, 5.74) is 2.56. The van der Waals surface area contributed by atoms with Gasteiger partial charge in [0.05, 0.1) is 22.8 Å². The van der Waals surface area contributed by atoms with Gasteiger partial charge in [0.25, 0.3) is 5.91 Å². The molecule has 1 saturated carbocycles. The summed E-state index contributed by atoms with van der Waals surface area (Å²) in [6, 6.07) is 12.9. The van der Waals surface area contributed by atoms with Crippen molar-refractivity contribution in [1.29, 1.82) is 0 Å². The number of urea groups is 1. The fourth-order valence-corrected chi connectivity index (χ4v) is 5.47. The minimum Gasteiger partial charge on any atom is -0.374 e. The summed E-state index contributed by atoms with van der Waals surface area (Å²) in [5.74, 6) is -0.0318. The lowest BCUT2D eigenvalue weighted by Crippen LogP contribution is -2.48. The van der Waals surface area contributed by atoms with Gasteiger partial charge in [-0.15, -0.1) is 0 Å². The lowest BCUT2D eigenvalue weighted by molar-refractivity contribution is -0.121. The summed E-state index contributed by atoms with van der Waals surface area (Å²) in [4.78, 5) is 38.9. The number of nitrogens with zero attached hydrogens (tertiary/aromatic N) is 1. The van der Waals surface area contributed by atoms with E-state index >= 15 is 0 Å². The average molecular weight is 605 g/mol. The Morgan fingerprint density at radius 2 is 1.59 bits per heavy atom. The molecule has 9 nitrogen and oxygen atoms in total. The van der Waals surface area contributed by atoms with Crippen LogP contribution in [0.3, 0.4) is 0 Å². The van der Waals surface area contributed by atoms with Crippen LogP contribution in [-0.2, 0) is 22.6 Å². The van der Waals surface area contributed by atoms with E-state index in [2.05, 4.69) is 26.2 Å². The van der Waals surface area contributed by atoms with Gasteiger partial charge in [0.1, 0.15) is 0 Å². The topological polar surface area (TPSA) is 112 Å². The minimum atomic E-state index is -0.275. The summed E-state index contributed by atoms with van der Waals surface area (Å²) in [6.07, 6.45) is 3.81. The Bertz CT molecular complexity index is 1190. The molecule has 1 atom stereocenters. The van der Waals surface area contributed by atoms with Crippen LogP contribution in [0.5, 0.6) is 0 Å². The zero-order chi connectivity index (χ0) is 29.2. The van der Waals surface area contributed by atoms with Gasteiger partial charge in [-0.3, -0.25) is 14.5 Å². The lowest BCUT2D eigenvalue weighted by atomic mass is 9.91. The fraction of sp³-hybridized carbons (Fsp3) is 0.500. The number of halogens is 2. The zero-order valence-electron chi connectivity index (χ0n) is 23.4. The van der Waals surface area contributed by atoms with Crippen molar-refractivity contribution in [2.24, 2.45) is 0 Å². The molecule has 0 unspecified atom stereocenters. The van der Waals surface area contributed by atoms with Crippen LogP contribution < -0.4 is 21.3 Å². The summed E-state index contributed by atoms with van der Waals surface area (Å²) < 4.78 is 5.83. The van der Waals surface area contributed by atoms with Crippen LogP contribution in [0.15, 0.2) is 42.5 Å². The van der Waals surface area contributed by atoms with Crippen LogP contribution in [-0.4, -0.2) is 67.2 Å². The Morgan fingerprint density at radius 1 is 0.902 bits per heavy atom. The fourth-order valence-electron chi connectivity index (χ4n) is 5.15.